The standard InChI is InChI=1S/C28H33F3N6O4.4ClH/c29-28(30,31)20-7-5-18(6-8-20)26(40)25(23(38)14-17-13-19-3-1-2-4-22(19)35-15-17)36-27(41)21(34)9-10-24(39)37(16-33)12-11-32;;;;/h1-8,13,15,21,25-26,40H,9-12,14,16,32-34H2,(H,36,41);4*1H/p-4/t21-,25+,26+;;;;/m0..../s1. The van der Waals surface area contributed by atoms with Crippen molar-refractivity contribution in [3.05, 3.63) is 77.5 Å². The highest BCUT2D eigenvalue weighted by Gasteiger charge is 2.33. The summed E-state index contributed by atoms with van der Waals surface area (Å²) in [5.74, 6) is -1.80. The van der Waals surface area contributed by atoms with Gasteiger partial charge in [0.05, 0.1) is 23.8 Å². The summed E-state index contributed by atoms with van der Waals surface area (Å²) in [7, 11) is 0. The molecule has 0 bridgehead atoms. The predicted molar refractivity (Wildman–Crippen MR) is 146 cm³/mol. The zero-order chi connectivity index (χ0) is 30.2. The number of fused-ring (bicyclic) bond motifs is 1. The van der Waals surface area contributed by atoms with Crippen LogP contribution in [-0.4, -0.2) is 64.4 Å². The lowest BCUT2D eigenvalue weighted by Gasteiger charge is -2.26. The van der Waals surface area contributed by atoms with Gasteiger partial charge in [-0.15, -0.1) is 0 Å². The summed E-state index contributed by atoms with van der Waals surface area (Å²) in [5, 5.41) is 14.3. The topological polar surface area (TPSA) is 178 Å². The monoisotopic (exact) mass is 714 g/mol. The van der Waals surface area contributed by atoms with E-state index >= 15 is 0 Å². The molecule has 0 spiro atoms. The quantitative estimate of drug-likeness (QED) is 0.108. The van der Waals surface area contributed by atoms with Crippen LogP contribution in [0, 0.1) is 0 Å². The van der Waals surface area contributed by atoms with Crippen molar-refractivity contribution >= 4 is 28.5 Å². The predicted octanol–water partition coefficient (Wildman–Crippen LogP) is -10.6. The first-order chi connectivity index (χ1) is 19.4. The van der Waals surface area contributed by atoms with E-state index in [4.69, 9.17) is 17.2 Å². The van der Waals surface area contributed by atoms with Gasteiger partial charge in [-0.05, 0) is 41.8 Å². The van der Waals surface area contributed by atoms with Crippen LogP contribution in [0.15, 0.2) is 60.8 Å². The minimum absolute atomic E-state index is 0. The maximum atomic E-state index is 13.4. The number of nitrogens with one attached hydrogen (secondary N) is 1. The molecule has 0 radical (unpaired) electrons. The molecule has 2 amide bonds. The van der Waals surface area contributed by atoms with E-state index in [2.05, 4.69) is 10.3 Å². The number of nitrogens with zero attached hydrogens (tertiary/aromatic N) is 2. The first-order valence-electron chi connectivity index (χ1n) is 12.9. The molecular formula is C28H33Cl4F3N6O4-4. The Morgan fingerprint density at radius 2 is 1.60 bits per heavy atom. The fourth-order valence-corrected chi connectivity index (χ4v) is 4.22. The molecule has 8 N–H and O–H groups in total. The highest BCUT2D eigenvalue weighted by molar-refractivity contribution is 5.93. The van der Waals surface area contributed by atoms with Crippen LogP contribution in [0.4, 0.5) is 13.2 Å². The summed E-state index contributed by atoms with van der Waals surface area (Å²) in [4.78, 5) is 44.3. The fraction of sp³-hybridized carbons (Fsp3) is 0.357. The number of benzene rings is 2. The van der Waals surface area contributed by atoms with Crippen molar-refractivity contribution in [1.29, 1.82) is 0 Å². The van der Waals surface area contributed by atoms with Gasteiger partial charge in [0.2, 0.25) is 11.8 Å². The van der Waals surface area contributed by atoms with Crippen molar-refractivity contribution in [3.63, 3.8) is 0 Å². The van der Waals surface area contributed by atoms with E-state index in [1.165, 1.54) is 11.1 Å². The van der Waals surface area contributed by atoms with Gasteiger partial charge in [-0.2, -0.15) is 13.2 Å². The number of alkyl halides is 3. The lowest BCUT2D eigenvalue weighted by molar-refractivity contribution is -0.137. The molecule has 0 saturated heterocycles. The average molecular weight is 716 g/mol. The number of carbonyl (C=O) groups excluding carboxylic acids is 3. The Hall–Kier alpha value is -2.75. The molecule has 3 aromatic rings. The summed E-state index contributed by atoms with van der Waals surface area (Å²) >= 11 is 0. The molecule has 10 nitrogen and oxygen atoms in total. The second kappa shape index (κ2) is 20.4. The van der Waals surface area contributed by atoms with Crippen LogP contribution in [0.2, 0.25) is 0 Å². The number of hydrogen-bond acceptors (Lipinski definition) is 8. The first-order valence-corrected chi connectivity index (χ1v) is 12.9. The highest BCUT2D eigenvalue weighted by Crippen LogP contribution is 2.30. The molecule has 45 heavy (non-hydrogen) atoms. The van der Waals surface area contributed by atoms with Crippen molar-refractivity contribution in [2.75, 3.05) is 19.8 Å². The molecule has 2 aromatic carbocycles. The maximum Gasteiger partial charge on any atom is 0.416 e. The Labute approximate surface area is 283 Å². The van der Waals surface area contributed by atoms with E-state index in [1.54, 1.807) is 12.1 Å². The molecule has 17 heteroatoms. The minimum Gasteiger partial charge on any atom is -1.00 e. The van der Waals surface area contributed by atoms with Gasteiger partial charge >= 0.3 is 6.18 Å². The molecule has 0 unspecified atom stereocenters. The van der Waals surface area contributed by atoms with Crippen molar-refractivity contribution in [1.82, 2.24) is 15.2 Å². The number of para-hydroxylation sites is 1. The molecule has 1 heterocycles. The third-order valence-electron chi connectivity index (χ3n) is 6.54. The van der Waals surface area contributed by atoms with Gasteiger partial charge in [0.15, 0.2) is 5.78 Å². The van der Waals surface area contributed by atoms with Crippen LogP contribution >= 0.6 is 0 Å². The zero-order valence-corrected chi connectivity index (χ0v) is 26.7. The molecule has 0 aliphatic carbocycles. The van der Waals surface area contributed by atoms with Gasteiger partial charge in [-0.3, -0.25) is 19.4 Å². The second-order valence-corrected chi connectivity index (χ2v) is 9.50. The van der Waals surface area contributed by atoms with E-state index in [1.807, 2.05) is 18.2 Å². The lowest BCUT2D eigenvalue weighted by atomic mass is 9.94. The normalized spacial score (nSPS) is 12.6. The molecule has 0 saturated carbocycles. The Balaban J connectivity index is 0. The largest absolute Gasteiger partial charge is 1.00 e. The Kier molecular flexibility index (Phi) is 20.1. The molecule has 0 aliphatic rings. The number of rotatable bonds is 13. The third-order valence-corrected chi connectivity index (χ3v) is 6.54. The number of carbonyl (C=O) groups is 3. The zero-order valence-electron chi connectivity index (χ0n) is 23.7. The minimum atomic E-state index is -4.59. The van der Waals surface area contributed by atoms with Gasteiger partial charge in [-0.1, -0.05) is 30.3 Å². The fourth-order valence-electron chi connectivity index (χ4n) is 4.22. The van der Waals surface area contributed by atoms with Crippen molar-refractivity contribution in [3.8, 4) is 0 Å². The third kappa shape index (κ3) is 12.5. The van der Waals surface area contributed by atoms with Gasteiger partial charge in [0, 0.05) is 37.5 Å². The van der Waals surface area contributed by atoms with Crippen molar-refractivity contribution in [2.45, 2.75) is 43.6 Å². The van der Waals surface area contributed by atoms with Gasteiger partial charge < -0.3 is 82.2 Å². The van der Waals surface area contributed by atoms with Gasteiger partial charge in [0.25, 0.3) is 0 Å². The summed E-state index contributed by atoms with van der Waals surface area (Å²) in [5.41, 5.74) is 17.3. The van der Waals surface area contributed by atoms with Crippen LogP contribution < -0.4 is 72.1 Å². The number of aliphatic hydroxyl groups excluding tert-OH is 1. The Morgan fingerprint density at radius 1 is 0.978 bits per heavy atom. The number of nitrogens with two attached hydrogens (primary N) is 3. The molecule has 0 fully saturated rings. The molecule has 1 aromatic heterocycles. The number of hydrogen-bond donors (Lipinski definition) is 5. The molecule has 0 aliphatic heterocycles. The maximum absolute atomic E-state index is 13.4. The molecule has 252 valence electrons. The number of aromatic nitrogens is 1. The molecule has 3 atom stereocenters. The SMILES string of the molecule is NCCN(CN)C(=O)CC[C@H](N)C(=O)N[C@H](C(=O)Cc1cnc2ccccc2c1)[C@H](O)c1ccc(C(F)(F)F)cc1.[Cl-].[Cl-].[Cl-].[Cl-]. The number of halogens is 7. The summed E-state index contributed by atoms with van der Waals surface area (Å²) in [6.07, 6.45) is -5.23. The smallest absolute Gasteiger partial charge is 0.416 e. The molecule has 3 rings (SSSR count). The number of Topliss-reactive ketones (excluding diaryl/α,β-unsaturated/α-hetero) is 1. The second-order valence-electron chi connectivity index (χ2n) is 9.50. The van der Waals surface area contributed by atoms with E-state index in [0.29, 0.717) is 11.1 Å². The molecular weight excluding hydrogens is 683 g/mol. The summed E-state index contributed by atoms with van der Waals surface area (Å²) in [6.45, 7) is 0.376. The van der Waals surface area contributed by atoms with E-state index in [9.17, 15) is 32.7 Å². The number of amides is 2. The van der Waals surface area contributed by atoms with Gasteiger partial charge in [0.1, 0.15) is 12.1 Å². The van der Waals surface area contributed by atoms with Crippen LogP contribution in [0.1, 0.15) is 35.6 Å². The lowest BCUT2D eigenvalue weighted by Crippen LogP contribution is -3.00. The average Bonchev–Trinajstić information content (AvgIpc) is 2.96. The van der Waals surface area contributed by atoms with Crippen LogP contribution in [0.25, 0.3) is 10.9 Å². The van der Waals surface area contributed by atoms with Crippen LogP contribution in [0.5, 0.6) is 0 Å². The Bertz CT molecular complexity index is 1370. The van der Waals surface area contributed by atoms with Crippen LogP contribution in [0.3, 0.4) is 0 Å². The highest BCUT2D eigenvalue weighted by atomic mass is 35.5. The van der Waals surface area contributed by atoms with E-state index in [0.717, 1.165) is 29.7 Å². The number of pyridine rings is 1. The first kappa shape index (κ1) is 44.4. The van der Waals surface area contributed by atoms with E-state index in [-0.39, 0.29) is 100 Å². The number of aliphatic hydroxyl groups is 1. The number of ketones is 1. The summed E-state index contributed by atoms with van der Waals surface area (Å²) < 4.78 is 39.1. The van der Waals surface area contributed by atoms with E-state index < -0.39 is 41.6 Å². The van der Waals surface area contributed by atoms with Gasteiger partial charge in [-0.25, -0.2) is 0 Å². The Morgan fingerprint density at radius 3 is 2.18 bits per heavy atom. The van der Waals surface area contributed by atoms with Crippen molar-refractivity contribution in [2.24, 2.45) is 17.2 Å². The van der Waals surface area contributed by atoms with Crippen molar-refractivity contribution < 1.29 is 82.3 Å². The summed E-state index contributed by atoms with van der Waals surface area (Å²) in [6, 6.07) is 9.82. The van der Waals surface area contributed by atoms with Crippen LogP contribution in [-0.2, 0) is 27.0 Å².